The van der Waals surface area contributed by atoms with Crippen LogP contribution in [0.2, 0.25) is 0 Å². The fourth-order valence-corrected chi connectivity index (χ4v) is 2.82. The van der Waals surface area contributed by atoms with Gasteiger partial charge in [-0.2, -0.15) is 0 Å². The second kappa shape index (κ2) is 6.37. The van der Waals surface area contributed by atoms with Crippen LogP contribution in [0.1, 0.15) is 25.5 Å². The van der Waals surface area contributed by atoms with Crippen molar-refractivity contribution in [2.75, 3.05) is 26.7 Å². The van der Waals surface area contributed by atoms with Crippen LogP contribution >= 0.6 is 0 Å². The van der Waals surface area contributed by atoms with Crippen molar-refractivity contribution in [2.45, 2.75) is 32.1 Å². The van der Waals surface area contributed by atoms with E-state index in [4.69, 9.17) is 15.2 Å². The first kappa shape index (κ1) is 14.3. The van der Waals surface area contributed by atoms with Gasteiger partial charge in [-0.1, -0.05) is 12.1 Å². The third-order valence-electron chi connectivity index (χ3n) is 3.59. The Morgan fingerprint density at radius 2 is 2.05 bits per heavy atom. The number of hydrogen-bond acceptors (Lipinski definition) is 4. The van der Waals surface area contributed by atoms with Gasteiger partial charge in [-0.05, 0) is 31.5 Å². The Morgan fingerprint density at radius 1 is 1.37 bits per heavy atom. The molecule has 1 heterocycles. The van der Waals surface area contributed by atoms with Crippen molar-refractivity contribution >= 4 is 0 Å². The molecular weight excluding hydrogens is 240 g/mol. The average molecular weight is 264 g/mol. The van der Waals surface area contributed by atoms with Crippen LogP contribution in [0.15, 0.2) is 24.3 Å². The Hall–Kier alpha value is -1.10. The van der Waals surface area contributed by atoms with Gasteiger partial charge in [0, 0.05) is 25.7 Å². The van der Waals surface area contributed by atoms with Gasteiger partial charge in [0.15, 0.2) is 0 Å². The number of rotatable bonds is 4. The zero-order valence-corrected chi connectivity index (χ0v) is 12.0. The molecule has 0 aromatic heterocycles. The van der Waals surface area contributed by atoms with E-state index in [1.165, 1.54) is 5.56 Å². The monoisotopic (exact) mass is 264 g/mol. The van der Waals surface area contributed by atoms with Crippen LogP contribution in [0, 0.1) is 0 Å². The molecule has 2 rings (SSSR count). The van der Waals surface area contributed by atoms with Gasteiger partial charge >= 0.3 is 0 Å². The molecule has 1 aliphatic rings. The minimum atomic E-state index is 0.226. The largest absolute Gasteiger partial charge is 0.497 e. The number of morpholine rings is 1. The lowest BCUT2D eigenvalue weighted by Gasteiger charge is -2.40. The van der Waals surface area contributed by atoms with Crippen molar-refractivity contribution < 1.29 is 9.47 Å². The van der Waals surface area contributed by atoms with Crippen molar-refractivity contribution in [3.05, 3.63) is 29.8 Å². The number of nitrogens with two attached hydrogens (primary N) is 1. The Labute approximate surface area is 115 Å². The highest BCUT2D eigenvalue weighted by Crippen LogP contribution is 2.26. The molecule has 1 aromatic carbocycles. The van der Waals surface area contributed by atoms with E-state index in [-0.39, 0.29) is 18.2 Å². The molecule has 1 saturated heterocycles. The summed E-state index contributed by atoms with van der Waals surface area (Å²) in [5, 5.41) is 0. The number of methoxy groups -OCH3 is 1. The quantitative estimate of drug-likeness (QED) is 0.901. The number of benzene rings is 1. The second-order valence-corrected chi connectivity index (χ2v) is 5.24. The van der Waals surface area contributed by atoms with Crippen LogP contribution in [0.4, 0.5) is 0 Å². The Balaban J connectivity index is 2.18. The molecule has 19 heavy (non-hydrogen) atoms. The standard InChI is InChI=1S/C15H24N2O2/c1-11-9-17(10-12(2)19-11)15(8-16)13-5-4-6-14(7-13)18-3/h4-7,11-12,15H,8-10,16H2,1-3H3/t11-,12+,15?. The molecule has 0 aliphatic carbocycles. The van der Waals surface area contributed by atoms with Gasteiger partial charge in [-0.3, -0.25) is 4.90 Å². The van der Waals surface area contributed by atoms with Crippen molar-refractivity contribution in [1.29, 1.82) is 0 Å². The lowest BCUT2D eigenvalue weighted by molar-refractivity contribution is -0.0799. The molecule has 1 fully saturated rings. The van der Waals surface area contributed by atoms with E-state index in [1.54, 1.807) is 7.11 Å². The lowest BCUT2D eigenvalue weighted by Crippen LogP contribution is -2.48. The van der Waals surface area contributed by atoms with Crippen LogP contribution < -0.4 is 10.5 Å². The fraction of sp³-hybridized carbons (Fsp3) is 0.600. The van der Waals surface area contributed by atoms with Crippen LogP contribution in [0.25, 0.3) is 0 Å². The van der Waals surface area contributed by atoms with E-state index < -0.39 is 0 Å². The molecule has 1 aromatic rings. The normalized spacial score (nSPS) is 26.1. The number of hydrogen-bond donors (Lipinski definition) is 1. The second-order valence-electron chi connectivity index (χ2n) is 5.24. The fourth-order valence-electron chi connectivity index (χ4n) is 2.82. The summed E-state index contributed by atoms with van der Waals surface area (Å²) in [4.78, 5) is 2.41. The van der Waals surface area contributed by atoms with Crippen LogP contribution in [-0.4, -0.2) is 43.9 Å². The van der Waals surface area contributed by atoms with E-state index >= 15 is 0 Å². The van der Waals surface area contributed by atoms with Gasteiger partial charge in [0.1, 0.15) is 5.75 Å². The summed E-state index contributed by atoms with van der Waals surface area (Å²) in [5.41, 5.74) is 7.21. The van der Waals surface area contributed by atoms with E-state index in [0.717, 1.165) is 18.8 Å². The van der Waals surface area contributed by atoms with E-state index in [2.05, 4.69) is 30.9 Å². The van der Waals surface area contributed by atoms with Crippen LogP contribution in [-0.2, 0) is 4.74 Å². The van der Waals surface area contributed by atoms with E-state index in [0.29, 0.717) is 6.54 Å². The van der Waals surface area contributed by atoms with Crippen molar-refractivity contribution in [3.63, 3.8) is 0 Å². The van der Waals surface area contributed by atoms with E-state index in [1.807, 2.05) is 12.1 Å². The number of nitrogens with zero attached hydrogens (tertiary/aromatic N) is 1. The summed E-state index contributed by atoms with van der Waals surface area (Å²) in [7, 11) is 1.69. The zero-order chi connectivity index (χ0) is 13.8. The number of ether oxygens (including phenoxy) is 2. The first-order valence-electron chi connectivity index (χ1n) is 6.87. The zero-order valence-electron chi connectivity index (χ0n) is 12.0. The van der Waals surface area contributed by atoms with Crippen molar-refractivity contribution in [2.24, 2.45) is 5.73 Å². The first-order chi connectivity index (χ1) is 9.13. The molecule has 0 amide bonds. The predicted molar refractivity (Wildman–Crippen MR) is 76.4 cm³/mol. The molecule has 1 aliphatic heterocycles. The highest BCUT2D eigenvalue weighted by molar-refractivity contribution is 5.30. The molecule has 1 unspecified atom stereocenters. The third-order valence-corrected chi connectivity index (χ3v) is 3.59. The summed E-state index contributed by atoms with van der Waals surface area (Å²) in [6.07, 6.45) is 0.506. The summed E-state index contributed by atoms with van der Waals surface area (Å²) < 4.78 is 11.1. The molecule has 4 nitrogen and oxygen atoms in total. The smallest absolute Gasteiger partial charge is 0.119 e. The molecule has 0 saturated carbocycles. The third kappa shape index (κ3) is 3.47. The molecule has 0 spiro atoms. The summed E-state index contributed by atoms with van der Waals surface area (Å²) in [6, 6.07) is 8.39. The summed E-state index contributed by atoms with van der Waals surface area (Å²) >= 11 is 0. The maximum atomic E-state index is 5.99. The van der Waals surface area contributed by atoms with E-state index in [9.17, 15) is 0 Å². The Kier molecular flexibility index (Phi) is 4.80. The van der Waals surface area contributed by atoms with Gasteiger partial charge in [-0.15, -0.1) is 0 Å². The first-order valence-corrected chi connectivity index (χ1v) is 6.87. The summed E-state index contributed by atoms with van der Waals surface area (Å²) in [5.74, 6) is 0.880. The predicted octanol–water partition coefficient (Wildman–Crippen LogP) is 1.80. The van der Waals surface area contributed by atoms with Crippen molar-refractivity contribution in [3.8, 4) is 5.75 Å². The molecule has 0 radical (unpaired) electrons. The molecule has 4 heteroatoms. The SMILES string of the molecule is COc1cccc(C(CN)N2C[C@@H](C)O[C@@H](C)C2)c1. The lowest BCUT2D eigenvalue weighted by atomic mass is 10.0. The van der Waals surface area contributed by atoms with Crippen LogP contribution in [0.5, 0.6) is 5.75 Å². The minimum absolute atomic E-state index is 0.226. The van der Waals surface area contributed by atoms with Gasteiger partial charge < -0.3 is 15.2 Å². The maximum Gasteiger partial charge on any atom is 0.119 e. The maximum absolute atomic E-state index is 5.99. The summed E-state index contributed by atoms with van der Waals surface area (Å²) in [6.45, 7) is 6.67. The van der Waals surface area contributed by atoms with Gasteiger partial charge in [0.05, 0.1) is 19.3 Å². The average Bonchev–Trinajstić information content (AvgIpc) is 2.39. The molecule has 3 atom stereocenters. The highest BCUT2D eigenvalue weighted by atomic mass is 16.5. The Bertz CT molecular complexity index is 401. The van der Waals surface area contributed by atoms with Crippen molar-refractivity contribution in [1.82, 2.24) is 4.90 Å². The minimum Gasteiger partial charge on any atom is -0.497 e. The molecule has 2 N–H and O–H groups in total. The molecular formula is C15H24N2O2. The molecule has 0 bridgehead atoms. The highest BCUT2D eigenvalue weighted by Gasteiger charge is 2.28. The topological polar surface area (TPSA) is 47.7 Å². The van der Waals surface area contributed by atoms with Gasteiger partial charge in [-0.25, -0.2) is 0 Å². The van der Waals surface area contributed by atoms with Gasteiger partial charge in [0.2, 0.25) is 0 Å². The molecule has 106 valence electrons. The van der Waals surface area contributed by atoms with Crippen LogP contribution in [0.3, 0.4) is 0 Å². The van der Waals surface area contributed by atoms with Gasteiger partial charge in [0.25, 0.3) is 0 Å². The Morgan fingerprint density at radius 3 is 2.63 bits per heavy atom.